The van der Waals surface area contributed by atoms with Crippen LogP contribution in [-0.4, -0.2) is 11.7 Å². The van der Waals surface area contributed by atoms with E-state index in [4.69, 9.17) is 17.1 Å². The van der Waals surface area contributed by atoms with Crippen molar-refractivity contribution in [2.24, 2.45) is 5.11 Å². The van der Waals surface area contributed by atoms with Gasteiger partial charge in [-0.15, -0.1) is 0 Å². The third kappa shape index (κ3) is 3.39. The molecule has 0 amide bonds. The molecule has 0 aromatic heterocycles. The summed E-state index contributed by atoms with van der Waals surface area (Å²) in [5.41, 5.74) is 9.48. The summed E-state index contributed by atoms with van der Waals surface area (Å²) in [5, 5.41) is 13.1. The number of hydrogen-bond acceptors (Lipinski definition) is 2. The Morgan fingerprint density at radius 2 is 2.31 bits per heavy atom. The van der Waals surface area contributed by atoms with Gasteiger partial charge in [0.15, 0.2) is 0 Å². The number of hydrogen-bond donors (Lipinski definition) is 1. The maximum absolute atomic E-state index is 9.44. The van der Waals surface area contributed by atoms with Crippen molar-refractivity contribution in [2.75, 3.05) is 6.54 Å². The predicted molar refractivity (Wildman–Crippen MR) is 63.4 cm³/mol. The molecular formula is C11H10ClN3O. The summed E-state index contributed by atoms with van der Waals surface area (Å²) in [7, 11) is 0. The topological polar surface area (TPSA) is 69.0 Å². The van der Waals surface area contributed by atoms with E-state index in [2.05, 4.69) is 21.9 Å². The maximum atomic E-state index is 9.44. The van der Waals surface area contributed by atoms with Crippen LogP contribution < -0.4 is 0 Å². The van der Waals surface area contributed by atoms with Crippen LogP contribution in [0.4, 0.5) is 0 Å². The van der Waals surface area contributed by atoms with Crippen LogP contribution in [0, 0.1) is 18.8 Å². The number of azide groups is 1. The number of aryl methyl sites for hydroxylation is 1. The second-order valence-electron chi connectivity index (χ2n) is 3.13. The Kier molecular flexibility index (Phi) is 4.53. The van der Waals surface area contributed by atoms with E-state index in [0.717, 1.165) is 5.56 Å². The van der Waals surface area contributed by atoms with Gasteiger partial charge < -0.3 is 5.11 Å². The van der Waals surface area contributed by atoms with Crippen LogP contribution in [-0.2, 0) is 0 Å². The van der Waals surface area contributed by atoms with Crippen molar-refractivity contribution in [3.05, 3.63) is 38.7 Å². The summed E-state index contributed by atoms with van der Waals surface area (Å²) >= 11 is 5.80. The summed E-state index contributed by atoms with van der Waals surface area (Å²) in [6.07, 6.45) is 0.502. The Morgan fingerprint density at radius 1 is 1.56 bits per heavy atom. The molecule has 0 aliphatic carbocycles. The van der Waals surface area contributed by atoms with E-state index >= 15 is 0 Å². The van der Waals surface area contributed by atoms with Gasteiger partial charge in [0.05, 0.1) is 5.02 Å². The highest BCUT2D eigenvalue weighted by Crippen LogP contribution is 2.27. The second-order valence-corrected chi connectivity index (χ2v) is 3.54. The molecule has 4 nitrogen and oxygen atoms in total. The highest BCUT2D eigenvalue weighted by Gasteiger charge is 2.02. The van der Waals surface area contributed by atoms with Crippen LogP contribution in [0.1, 0.15) is 17.5 Å². The number of phenolic OH excluding ortho intramolecular Hbond substituents is 1. The number of nitrogens with zero attached hydrogens (tertiary/aromatic N) is 3. The SMILES string of the molecule is Cc1cc(C#CCCN=[N+]=[N-])cc(Cl)c1O. The van der Waals surface area contributed by atoms with Gasteiger partial charge in [-0.25, -0.2) is 0 Å². The summed E-state index contributed by atoms with van der Waals surface area (Å²) in [5.74, 6) is 5.82. The Labute approximate surface area is 98.5 Å². The van der Waals surface area contributed by atoms with Gasteiger partial charge in [0, 0.05) is 23.4 Å². The summed E-state index contributed by atoms with van der Waals surface area (Å²) in [6, 6.07) is 3.35. The first-order chi connectivity index (χ1) is 7.65. The second kappa shape index (κ2) is 5.92. The zero-order valence-corrected chi connectivity index (χ0v) is 9.49. The molecule has 16 heavy (non-hydrogen) atoms. The lowest BCUT2D eigenvalue weighted by atomic mass is 10.1. The van der Waals surface area contributed by atoms with Crippen molar-refractivity contribution in [2.45, 2.75) is 13.3 Å². The number of benzene rings is 1. The monoisotopic (exact) mass is 235 g/mol. The van der Waals surface area contributed by atoms with Crippen LogP contribution in [0.3, 0.4) is 0 Å². The molecular weight excluding hydrogens is 226 g/mol. The van der Waals surface area contributed by atoms with E-state index in [0.29, 0.717) is 23.6 Å². The molecule has 1 aromatic rings. The van der Waals surface area contributed by atoms with Gasteiger partial charge in [-0.3, -0.25) is 0 Å². The van der Waals surface area contributed by atoms with E-state index in [1.165, 1.54) is 0 Å². The molecule has 0 aliphatic heterocycles. The number of rotatable bonds is 2. The smallest absolute Gasteiger partial charge is 0.137 e. The van der Waals surface area contributed by atoms with Gasteiger partial charge in [-0.1, -0.05) is 28.6 Å². The Hall–Kier alpha value is -1.82. The summed E-state index contributed by atoms with van der Waals surface area (Å²) in [6.45, 7) is 2.11. The molecule has 0 fully saturated rings. The Bertz CT molecular complexity index is 473. The van der Waals surface area contributed by atoms with Crippen molar-refractivity contribution < 1.29 is 5.11 Å². The molecule has 0 aliphatic rings. The minimum Gasteiger partial charge on any atom is -0.506 e. The van der Waals surface area contributed by atoms with Gasteiger partial charge in [0.2, 0.25) is 0 Å². The third-order valence-corrected chi connectivity index (χ3v) is 2.17. The van der Waals surface area contributed by atoms with Crippen LogP contribution in [0.2, 0.25) is 5.02 Å². The molecule has 0 saturated heterocycles. The first-order valence-electron chi connectivity index (χ1n) is 4.64. The van der Waals surface area contributed by atoms with Gasteiger partial charge in [-0.2, -0.15) is 0 Å². The lowest BCUT2D eigenvalue weighted by Gasteiger charge is -2.01. The molecule has 0 spiro atoms. The van der Waals surface area contributed by atoms with Crippen molar-refractivity contribution in [1.29, 1.82) is 0 Å². The third-order valence-electron chi connectivity index (χ3n) is 1.89. The van der Waals surface area contributed by atoms with Gasteiger partial charge in [0.25, 0.3) is 0 Å². The molecule has 0 unspecified atom stereocenters. The van der Waals surface area contributed by atoms with E-state index in [-0.39, 0.29) is 5.75 Å². The Morgan fingerprint density at radius 3 is 2.94 bits per heavy atom. The molecule has 1 N–H and O–H groups in total. The van der Waals surface area contributed by atoms with Gasteiger partial charge >= 0.3 is 0 Å². The van der Waals surface area contributed by atoms with Crippen molar-refractivity contribution in [1.82, 2.24) is 0 Å². The quantitative estimate of drug-likeness (QED) is 0.276. The van der Waals surface area contributed by atoms with E-state index in [1.54, 1.807) is 19.1 Å². The lowest BCUT2D eigenvalue weighted by Crippen LogP contribution is -1.81. The number of phenols is 1. The van der Waals surface area contributed by atoms with Crippen molar-refractivity contribution >= 4 is 11.6 Å². The van der Waals surface area contributed by atoms with Crippen molar-refractivity contribution in [3.63, 3.8) is 0 Å². The van der Waals surface area contributed by atoms with Crippen LogP contribution in [0.5, 0.6) is 5.75 Å². The van der Waals surface area contributed by atoms with E-state index in [1.807, 2.05) is 0 Å². The van der Waals surface area contributed by atoms with E-state index in [9.17, 15) is 5.11 Å². The molecule has 0 radical (unpaired) electrons. The van der Waals surface area contributed by atoms with Gasteiger partial charge in [0.1, 0.15) is 5.75 Å². The molecule has 0 atom stereocenters. The molecule has 0 saturated carbocycles. The largest absolute Gasteiger partial charge is 0.506 e. The minimum absolute atomic E-state index is 0.0845. The molecule has 0 heterocycles. The fourth-order valence-electron chi connectivity index (χ4n) is 1.12. The minimum atomic E-state index is 0.0845. The zero-order chi connectivity index (χ0) is 12.0. The Balaban J connectivity index is 2.78. The first kappa shape index (κ1) is 12.3. The molecule has 1 rings (SSSR count). The van der Waals surface area contributed by atoms with Crippen LogP contribution in [0.25, 0.3) is 10.4 Å². The number of halogens is 1. The highest BCUT2D eigenvalue weighted by molar-refractivity contribution is 6.32. The fraction of sp³-hybridized carbons (Fsp3) is 0.273. The summed E-state index contributed by atoms with van der Waals surface area (Å²) in [4.78, 5) is 2.62. The van der Waals surface area contributed by atoms with Crippen molar-refractivity contribution in [3.8, 4) is 17.6 Å². The van der Waals surface area contributed by atoms with Gasteiger partial charge in [-0.05, 0) is 30.2 Å². The highest BCUT2D eigenvalue weighted by atomic mass is 35.5. The molecule has 5 heteroatoms. The predicted octanol–water partition coefficient (Wildman–Crippen LogP) is 3.41. The van der Waals surface area contributed by atoms with Crippen LogP contribution >= 0.6 is 11.6 Å². The lowest BCUT2D eigenvalue weighted by molar-refractivity contribution is 0.471. The first-order valence-corrected chi connectivity index (χ1v) is 5.02. The molecule has 1 aromatic carbocycles. The molecule has 0 bridgehead atoms. The zero-order valence-electron chi connectivity index (χ0n) is 8.74. The summed E-state index contributed by atoms with van der Waals surface area (Å²) < 4.78 is 0. The standard InChI is InChI=1S/C11H10ClN3O/c1-8-6-9(7-10(12)11(8)16)4-2-3-5-14-15-13/h6-7,16H,3,5H2,1H3. The van der Waals surface area contributed by atoms with E-state index < -0.39 is 0 Å². The molecule has 82 valence electrons. The maximum Gasteiger partial charge on any atom is 0.137 e. The fourth-order valence-corrected chi connectivity index (χ4v) is 1.39. The van der Waals surface area contributed by atoms with Crippen LogP contribution in [0.15, 0.2) is 17.2 Å². The number of aromatic hydroxyl groups is 1. The normalized spacial score (nSPS) is 8.88. The average Bonchev–Trinajstić information content (AvgIpc) is 2.25. The average molecular weight is 236 g/mol.